The molecule has 74 valence electrons. The molecule has 0 unspecified atom stereocenters. The molecule has 1 rings (SSSR count). The van der Waals surface area contributed by atoms with Gasteiger partial charge in [0, 0.05) is 12.8 Å². The van der Waals surface area contributed by atoms with Crippen LogP contribution in [0.1, 0.15) is 12.8 Å². The molecule has 0 spiro atoms. The summed E-state index contributed by atoms with van der Waals surface area (Å²) in [6, 6.07) is 0. The minimum absolute atomic E-state index is 0.0311. The van der Waals surface area contributed by atoms with Crippen molar-refractivity contribution < 1.29 is 22.3 Å². The molecule has 1 heterocycles. The summed E-state index contributed by atoms with van der Waals surface area (Å²) in [7, 11) is -4.02. The van der Waals surface area contributed by atoms with Gasteiger partial charge in [-0.25, -0.2) is 0 Å². The summed E-state index contributed by atoms with van der Waals surface area (Å²) in [5, 5.41) is -0.568. The molecule has 0 saturated carbocycles. The van der Waals surface area contributed by atoms with Crippen LogP contribution in [0, 0.1) is 0 Å². The molecule has 1 saturated heterocycles. The van der Waals surface area contributed by atoms with Gasteiger partial charge < -0.3 is 0 Å². The van der Waals surface area contributed by atoms with Gasteiger partial charge in [0.05, 0.1) is 0 Å². The molecule has 0 aromatic heterocycles. The first-order chi connectivity index (χ1) is 5.96. The maximum atomic E-state index is 10.9. The predicted molar refractivity (Wildman–Crippen MR) is 41.8 cm³/mol. The van der Waals surface area contributed by atoms with E-state index in [0.29, 0.717) is 0 Å². The molecule has 0 bridgehead atoms. The molecule has 1 aliphatic heterocycles. The number of alkyl halides is 1. The summed E-state index contributed by atoms with van der Waals surface area (Å²) in [5.41, 5.74) is 0. The van der Waals surface area contributed by atoms with Crippen LogP contribution in [0.5, 0.6) is 0 Å². The van der Waals surface area contributed by atoms with Crippen molar-refractivity contribution in [2.45, 2.75) is 12.8 Å². The lowest BCUT2D eigenvalue weighted by molar-refractivity contribution is -0.163. The molecule has 13 heavy (non-hydrogen) atoms. The maximum Gasteiger partial charge on any atom is 0.302 e. The van der Waals surface area contributed by atoms with Gasteiger partial charge in [-0.15, -0.1) is 20.9 Å². The standard InChI is InChI=1S/C5H6ClNO5S/c6-3-13(10,11)12-7-4(8)1-2-5(7)9/h1-3H2. The van der Waals surface area contributed by atoms with E-state index in [1.807, 2.05) is 0 Å². The molecule has 1 aliphatic rings. The van der Waals surface area contributed by atoms with E-state index >= 15 is 0 Å². The van der Waals surface area contributed by atoms with E-state index in [0.717, 1.165) is 0 Å². The fourth-order valence-corrected chi connectivity index (χ4v) is 1.33. The lowest BCUT2D eigenvalue weighted by Gasteiger charge is -2.10. The lowest BCUT2D eigenvalue weighted by atomic mass is 10.4. The van der Waals surface area contributed by atoms with Crippen molar-refractivity contribution in [1.82, 2.24) is 5.06 Å². The Morgan fingerprint density at radius 3 is 2.15 bits per heavy atom. The summed E-state index contributed by atoms with van der Waals surface area (Å²) in [6.45, 7) is 0. The molecular formula is C5H6ClNO5S. The van der Waals surface area contributed by atoms with E-state index < -0.39 is 27.1 Å². The minimum Gasteiger partial charge on any atom is -0.272 e. The van der Waals surface area contributed by atoms with Gasteiger partial charge in [0.1, 0.15) is 0 Å². The highest BCUT2D eigenvalue weighted by Crippen LogP contribution is 2.14. The quantitative estimate of drug-likeness (QED) is 0.484. The summed E-state index contributed by atoms with van der Waals surface area (Å²) in [4.78, 5) is 21.7. The topological polar surface area (TPSA) is 80.8 Å². The SMILES string of the molecule is O=C1CCC(=O)N1OS(=O)(=O)CCl. The van der Waals surface area contributed by atoms with Gasteiger partial charge in [-0.1, -0.05) is 0 Å². The third kappa shape index (κ3) is 2.39. The highest BCUT2D eigenvalue weighted by atomic mass is 35.5. The van der Waals surface area contributed by atoms with Crippen LogP contribution in [0.4, 0.5) is 0 Å². The fourth-order valence-electron chi connectivity index (χ4n) is 0.773. The zero-order valence-corrected chi connectivity index (χ0v) is 7.97. The number of amides is 2. The van der Waals surface area contributed by atoms with Gasteiger partial charge in [-0.05, 0) is 0 Å². The number of imide groups is 1. The van der Waals surface area contributed by atoms with Crippen LogP contribution in [-0.2, 0) is 24.0 Å². The van der Waals surface area contributed by atoms with Crippen LogP contribution < -0.4 is 0 Å². The van der Waals surface area contributed by atoms with Crippen molar-refractivity contribution in [2.24, 2.45) is 0 Å². The van der Waals surface area contributed by atoms with Gasteiger partial charge in [-0.3, -0.25) is 9.59 Å². The number of carbonyl (C=O) groups excluding carboxylic acids is 2. The predicted octanol–water partition coefficient (Wildman–Crippen LogP) is -0.407. The second kappa shape index (κ2) is 3.60. The first-order valence-corrected chi connectivity index (χ1v) is 5.41. The Morgan fingerprint density at radius 2 is 1.77 bits per heavy atom. The summed E-state index contributed by atoms with van der Waals surface area (Å²) in [6.07, 6.45) is -0.0622. The third-order valence-corrected chi connectivity index (χ3v) is 2.77. The number of nitrogens with zero attached hydrogens (tertiary/aromatic N) is 1. The molecule has 8 heteroatoms. The van der Waals surface area contributed by atoms with Crippen LogP contribution in [0.3, 0.4) is 0 Å². The zero-order valence-electron chi connectivity index (χ0n) is 6.40. The average molecular weight is 228 g/mol. The van der Waals surface area contributed by atoms with Gasteiger partial charge in [0.25, 0.3) is 11.8 Å². The zero-order chi connectivity index (χ0) is 10.1. The van der Waals surface area contributed by atoms with E-state index in [9.17, 15) is 18.0 Å². The molecule has 6 nitrogen and oxygen atoms in total. The molecule has 2 amide bonds. The van der Waals surface area contributed by atoms with Crippen molar-refractivity contribution in [3.63, 3.8) is 0 Å². The van der Waals surface area contributed by atoms with Crippen LogP contribution in [0.15, 0.2) is 0 Å². The Hall–Kier alpha value is -0.660. The Kier molecular flexibility index (Phi) is 2.89. The normalized spacial score (nSPS) is 18.4. The smallest absolute Gasteiger partial charge is 0.272 e. The molecule has 1 fully saturated rings. The number of hydrogen-bond donors (Lipinski definition) is 0. The molecule has 0 radical (unpaired) electrons. The summed E-state index contributed by atoms with van der Waals surface area (Å²) < 4.78 is 25.6. The number of carbonyl (C=O) groups is 2. The largest absolute Gasteiger partial charge is 0.302 e. The first kappa shape index (κ1) is 10.4. The number of hydrogen-bond acceptors (Lipinski definition) is 5. The molecule has 0 aromatic carbocycles. The molecular weight excluding hydrogens is 222 g/mol. The van der Waals surface area contributed by atoms with Crippen molar-refractivity contribution in [3.05, 3.63) is 0 Å². The number of rotatable bonds is 3. The van der Waals surface area contributed by atoms with Crippen molar-refractivity contribution in [1.29, 1.82) is 0 Å². The van der Waals surface area contributed by atoms with Crippen LogP contribution >= 0.6 is 11.6 Å². The van der Waals surface area contributed by atoms with Crippen LogP contribution in [0.25, 0.3) is 0 Å². The Bertz CT molecular complexity index is 321. The van der Waals surface area contributed by atoms with E-state index in [4.69, 9.17) is 11.6 Å². The average Bonchev–Trinajstić information content (AvgIpc) is 2.36. The van der Waals surface area contributed by atoms with Gasteiger partial charge >= 0.3 is 10.1 Å². The Morgan fingerprint density at radius 1 is 1.31 bits per heavy atom. The van der Waals surface area contributed by atoms with Crippen molar-refractivity contribution in [2.75, 3.05) is 5.21 Å². The number of halogens is 1. The lowest BCUT2D eigenvalue weighted by Crippen LogP contribution is -2.32. The molecule has 0 atom stereocenters. The second-order valence-electron chi connectivity index (χ2n) is 2.32. The highest BCUT2D eigenvalue weighted by molar-refractivity contribution is 7.87. The van der Waals surface area contributed by atoms with E-state index in [2.05, 4.69) is 4.28 Å². The van der Waals surface area contributed by atoms with E-state index in [-0.39, 0.29) is 17.9 Å². The second-order valence-corrected chi connectivity index (χ2v) is 4.46. The van der Waals surface area contributed by atoms with Gasteiger partial charge in [0.2, 0.25) is 0 Å². The van der Waals surface area contributed by atoms with Gasteiger partial charge in [-0.2, -0.15) is 8.42 Å². The monoisotopic (exact) mass is 227 g/mol. The van der Waals surface area contributed by atoms with E-state index in [1.54, 1.807) is 0 Å². The Balaban J connectivity index is 2.74. The first-order valence-electron chi connectivity index (χ1n) is 3.30. The fraction of sp³-hybridized carbons (Fsp3) is 0.600. The van der Waals surface area contributed by atoms with Crippen LogP contribution in [0.2, 0.25) is 0 Å². The Labute approximate surface area is 79.5 Å². The minimum atomic E-state index is -4.02. The van der Waals surface area contributed by atoms with Gasteiger partial charge in [0.15, 0.2) is 5.21 Å². The molecule has 0 aliphatic carbocycles. The number of hydroxylamine groups is 2. The van der Waals surface area contributed by atoms with E-state index in [1.165, 1.54) is 0 Å². The summed E-state index contributed by atoms with van der Waals surface area (Å²) in [5.74, 6) is -1.34. The third-order valence-electron chi connectivity index (χ3n) is 1.33. The van der Waals surface area contributed by atoms with Crippen molar-refractivity contribution in [3.8, 4) is 0 Å². The molecule has 0 aromatic rings. The molecule has 0 N–H and O–H groups in total. The highest BCUT2D eigenvalue weighted by Gasteiger charge is 2.33. The summed E-state index contributed by atoms with van der Waals surface area (Å²) >= 11 is 5.00. The van der Waals surface area contributed by atoms with Crippen molar-refractivity contribution >= 4 is 33.5 Å². The maximum absolute atomic E-state index is 10.9. The van der Waals surface area contributed by atoms with Crippen LogP contribution in [-0.4, -0.2) is 30.5 Å².